The zero-order valence-corrected chi connectivity index (χ0v) is 15.4. The van der Waals surface area contributed by atoms with Crippen molar-refractivity contribution in [3.05, 3.63) is 41.2 Å². The summed E-state index contributed by atoms with van der Waals surface area (Å²) in [6, 6.07) is 2.14. The van der Waals surface area contributed by atoms with Crippen molar-refractivity contribution in [2.75, 3.05) is 5.32 Å². The van der Waals surface area contributed by atoms with Crippen LogP contribution in [0.1, 0.15) is 27.6 Å². The Morgan fingerprint density at radius 3 is 2.71 bits per heavy atom. The molecule has 148 valence electrons. The van der Waals surface area contributed by atoms with Gasteiger partial charge in [0.1, 0.15) is 18.6 Å². The molecule has 0 aromatic carbocycles. The van der Waals surface area contributed by atoms with Crippen LogP contribution < -0.4 is 5.32 Å². The highest BCUT2D eigenvalue weighted by atomic mass is 35.5. The van der Waals surface area contributed by atoms with Gasteiger partial charge in [0.25, 0.3) is 5.91 Å². The van der Waals surface area contributed by atoms with Crippen LogP contribution in [0.15, 0.2) is 18.5 Å². The number of carbonyl (C=O) groups is 1. The Hall–Kier alpha value is -3.06. The van der Waals surface area contributed by atoms with Crippen LogP contribution in [0, 0.1) is 0 Å². The molecule has 0 aliphatic carbocycles. The molecule has 0 radical (unpaired) electrons. The average molecular weight is 414 g/mol. The molecule has 14 heteroatoms. The van der Waals surface area contributed by atoms with E-state index in [-0.39, 0.29) is 30.4 Å². The lowest BCUT2D eigenvalue weighted by Crippen LogP contribution is -2.20. The molecule has 0 atom stereocenters. The number of nitrogens with one attached hydrogen (secondary N) is 1. The van der Waals surface area contributed by atoms with Crippen LogP contribution >= 0.6 is 11.6 Å². The number of aromatic nitrogens is 8. The molecule has 0 aliphatic heterocycles. The summed E-state index contributed by atoms with van der Waals surface area (Å²) in [5, 5.41) is 13.4. The monoisotopic (exact) mass is 413 g/mol. The highest BCUT2D eigenvalue weighted by molar-refractivity contribution is 6.21. The molecule has 11 nitrogen and oxygen atoms in total. The number of anilines is 1. The number of hydrogen-bond donors (Lipinski definition) is 1. The van der Waals surface area contributed by atoms with E-state index in [1.165, 1.54) is 28.8 Å². The Morgan fingerprint density at radius 1 is 1.32 bits per heavy atom. The molecule has 0 spiro atoms. The number of alkyl halides is 3. The van der Waals surface area contributed by atoms with Crippen molar-refractivity contribution >= 4 is 23.5 Å². The SMILES string of the molecule is Cn1cnc(COCc2nc(C(F)(F)Cl)ccc2C(=O)Nc2nnnn2C)n1. The molecule has 1 amide bonds. The fourth-order valence-corrected chi connectivity index (χ4v) is 2.27. The summed E-state index contributed by atoms with van der Waals surface area (Å²) < 4.78 is 35.0. The molecule has 0 bridgehead atoms. The summed E-state index contributed by atoms with van der Waals surface area (Å²) in [6.07, 6.45) is 1.49. The normalized spacial score (nSPS) is 11.6. The lowest BCUT2D eigenvalue weighted by atomic mass is 10.1. The number of amides is 1. The van der Waals surface area contributed by atoms with E-state index < -0.39 is 17.0 Å². The molecule has 3 rings (SSSR count). The molecule has 1 N–H and O–H groups in total. The van der Waals surface area contributed by atoms with Crippen LogP contribution in [0.2, 0.25) is 0 Å². The molecule has 0 saturated heterocycles. The topological polar surface area (TPSA) is 126 Å². The Bertz CT molecular complexity index is 985. The van der Waals surface area contributed by atoms with Crippen molar-refractivity contribution in [2.24, 2.45) is 14.1 Å². The van der Waals surface area contributed by atoms with Crippen molar-refractivity contribution < 1.29 is 18.3 Å². The van der Waals surface area contributed by atoms with E-state index in [0.717, 1.165) is 6.07 Å². The van der Waals surface area contributed by atoms with Gasteiger partial charge in [-0.3, -0.25) is 14.8 Å². The van der Waals surface area contributed by atoms with E-state index in [4.69, 9.17) is 16.3 Å². The van der Waals surface area contributed by atoms with Crippen LogP contribution in [0.3, 0.4) is 0 Å². The third-order valence-electron chi connectivity index (χ3n) is 3.47. The number of rotatable bonds is 7. The number of halogens is 3. The maximum absolute atomic E-state index is 13.4. The fraction of sp³-hybridized carbons (Fsp3) is 0.357. The predicted molar refractivity (Wildman–Crippen MR) is 90.2 cm³/mol. The van der Waals surface area contributed by atoms with Crippen molar-refractivity contribution in [1.29, 1.82) is 0 Å². The molecule has 3 heterocycles. The zero-order chi connectivity index (χ0) is 20.3. The van der Waals surface area contributed by atoms with Crippen LogP contribution in [-0.4, -0.2) is 45.9 Å². The van der Waals surface area contributed by atoms with E-state index in [1.54, 1.807) is 7.05 Å². The van der Waals surface area contributed by atoms with Crippen LogP contribution in [-0.2, 0) is 37.4 Å². The summed E-state index contributed by atoms with van der Waals surface area (Å²) in [7, 11) is 3.21. The second-order valence-corrected chi connectivity index (χ2v) is 6.07. The molecular weight excluding hydrogens is 400 g/mol. The third kappa shape index (κ3) is 4.61. The zero-order valence-electron chi connectivity index (χ0n) is 14.7. The van der Waals surface area contributed by atoms with Crippen LogP contribution in [0.5, 0.6) is 0 Å². The van der Waals surface area contributed by atoms with Gasteiger partial charge < -0.3 is 4.74 Å². The molecule has 0 fully saturated rings. The quantitative estimate of drug-likeness (QED) is 0.568. The highest BCUT2D eigenvalue weighted by Gasteiger charge is 2.31. The first-order valence-corrected chi connectivity index (χ1v) is 8.15. The van der Waals surface area contributed by atoms with Crippen molar-refractivity contribution in [3.63, 3.8) is 0 Å². The molecule has 0 aliphatic rings. The van der Waals surface area contributed by atoms with Crippen molar-refractivity contribution in [1.82, 2.24) is 40.0 Å². The van der Waals surface area contributed by atoms with E-state index in [1.807, 2.05) is 0 Å². The van der Waals surface area contributed by atoms with Gasteiger partial charge in [0, 0.05) is 14.1 Å². The summed E-state index contributed by atoms with van der Waals surface area (Å²) in [6.45, 7) is -0.253. The number of ether oxygens (including phenoxy) is 1. The second-order valence-electron chi connectivity index (χ2n) is 5.60. The van der Waals surface area contributed by atoms with Gasteiger partial charge in [-0.05, 0) is 34.2 Å². The van der Waals surface area contributed by atoms with Crippen LogP contribution in [0.25, 0.3) is 0 Å². The summed E-state index contributed by atoms with van der Waals surface area (Å²) in [4.78, 5) is 20.3. The van der Waals surface area contributed by atoms with Gasteiger partial charge in [-0.25, -0.2) is 14.6 Å². The maximum Gasteiger partial charge on any atom is 0.364 e. The van der Waals surface area contributed by atoms with E-state index >= 15 is 0 Å². The Kier molecular flexibility index (Phi) is 5.56. The summed E-state index contributed by atoms with van der Waals surface area (Å²) in [5.41, 5.74) is -0.747. The van der Waals surface area contributed by atoms with Gasteiger partial charge in [-0.2, -0.15) is 13.9 Å². The lowest BCUT2D eigenvalue weighted by molar-refractivity contribution is 0.0832. The number of aryl methyl sites for hydroxylation is 2. The fourth-order valence-electron chi connectivity index (χ4n) is 2.17. The van der Waals surface area contributed by atoms with Gasteiger partial charge >= 0.3 is 5.38 Å². The molecule has 3 aromatic rings. The smallest absolute Gasteiger partial charge is 0.364 e. The first-order chi connectivity index (χ1) is 13.2. The summed E-state index contributed by atoms with van der Waals surface area (Å²) >= 11 is 5.04. The minimum absolute atomic E-state index is 0.00152. The lowest BCUT2D eigenvalue weighted by Gasteiger charge is -2.13. The van der Waals surface area contributed by atoms with Gasteiger partial charge in [0.05, 0.1) is 17.9 Å². The largest absolute Gasteiger partial charge is 0.367 e. The highest BCUT2D eigenvalue weighted by Crippen LogP contribution is 2.31. The number of pyridine rings is 1. The van der Waals surface area contributed by atoms with Gasteiger partial charge in [-0.1, -0.05) is 5.10 Å². The van der Waals surface area contributed by atoms with E-state index in [9.17, 15) is 13.6 Å². The first kappa shape index (κ1) is 19.7. The number of carbonyl (C=O) groups excluding carboxylic acids is 1. The second kappa shape index (κ2) is 7.90. The minimum Gasteiger partial charge on any atom is -0.367 e. The average Bonchev–Trinajstić information content (AvgIpc) is 3.22. The molecular formula is C14H14ClF2N9O2. The minimum atomic E-state index is -3.69. The molecule has 0 unspecified atom stereocenters. The maximum atomic E-state index is 13.4. The summed E-state index contributed by atoms with van der Waals surface area (Å²) in [5.74, 6) is -0.191. The van der Waals surface area contributed by atoms with E-state index in [2.05, 4.69) is 35.9 Å². The third-order valence-corrected chi connectivity index (χ3v) is 3.67. The van der Waals surface area contributed by atoms with Gasteiger partial charge in [0.2, 0.25) is 5.95 Å². The van der Waals surface area contributed by atoms with Gasteiger partial charge in [0.15, 0.2) is 5.82 Å². The Balaban J connectivity index is 1.81. The molecule has 28 heavy (non-hydrogen) atoms. The molecule has 0 saturated carbocycles. The van der Waals surface area contributed by atoms with Gasteiger partial charge in [-0.15, -0.1) is 0 Å². The molecule has 3 aromatic heterocycles. The predicted octanol–water partition coefficient (Wildman–Crippen LogP) is 0.991. The Morgan fingerprint density at radius 2 is 2.11 bits per heavy atom. The van der Waals surface area contributed by atoms with Crippen molar-refractivity contribution in [2.45, 2.75) is 18.6 Å². The first-order valence-electron chi connectivity index (χ1n) is 7.77. The van der Waals surface area contributed by atoms with Crippen LogP contribution in [0.4, 0.5) is 14.7 Å². The van der Waals surface area contributed by atoms with Crippen molar-refractivity contribution in [3.8, 4) is 0 Å². The number of hydrogen-bond acceptors (Lipinski definition) is 8. The van der Waals surface area contributed by atoms with E-state index in [0.29, 0.717) is 5.82 Å². The standard InChI is InChI=1S/C14H14ClF2N9O2/c1-25-7-18-11(22-25)6-28-5-9-8(3-4-10(19-9)14(15,16)17)12(27)20-13-21-23-24-26(13)2/h3-4,7H,5-6H2,1-2H3,(H,20,21,24,27). The number of nitrogens with zero attached hydrogens (tertiary/aromatic N) is 8. The Labute approximate surface area is 161 Å². The number of tetrazole rings is 1.